The van der Waals surface area contributed by atoms with E-state index in [0.717, 1.165) is 19.3 Å². The van der Waals surface area contributed by atoms with E-state index >= 15 is 0 Å². The minimum absolute atomic E-state index is 0.132. The Hall–Kier alpha value is -1.88. The van der Waals surface area contributed by atoms with Gasteiger partial charge in [-0.1, -0.05) is 17.3 Å². The summed E-state index contributed by atoms with van der Waals surface area (Å²) in [5, 5.41) is 13.7. The van der Waals surface area contributed by atoms with Gasteiger partial charge in [0, 0.05) is 7.11 Å². The third-order valence-electron chi connectivity index (χ3n) is 3.52. The van der Waals surface area contributed by atoms with E-state index in [9.17, 15) is 5.11 Å². The molecule has 1 aliphatic carbocycles. The van der Waals surface area contributed by atoms with Gasteiger partial charge in [-0.05, 0) is 31.4 Å². The zero-order chi connectivity index (χ0) is 12.6. The highest BCUT2D eigenvalue weighted by Crippen LogP contribution is 2.43. The van der Waals surface area contributed by atoms with Crippen molar-refractivity contribution in [3.8, 4) is 17.2 Å². The summed E-state index contributed by atoms with van der Waals surface area (Å²) in [5.74, 6) is 1.02. The average molecular weight is 246 g/mol. The van der Waals surface area contributed by atoms with E-state index in [1.807, 2.05) is 6.07 Å². The maximum Gasteiger partial charge on any atom is 0.261 e. The summed E-state index contributed by atoms with van der Waals surface area (Å²) in [4.78, 5) is 4.34. The molecule has 0 unspecified atom stereocenters. The molecule has 0 aliphatic heterocycles. The van der Waals surface area contributed by atoms with Gasteiger partial charge >= 0.3 is 0 Å². The Balaban J connectivity index is 1.97. The number of aromatic nitrogens is 2. The number of nitrogens with zero attached hydrogens (tertiary/aromatic N) is 2. The number of para-hydroxylation sites is 1. The van der Waals surface area contributed by atoms with Crippen molar-refractivity contribution in [3.63, 3.8) is 0 Å². The first-order valence-corrected chi connectivity index (χ1v) is 5.93. The summed E-state index contributed by atoms with van der Waals surface area (Å²) >= 11 is 0. The lowest BCUT2D eigenvalue weighted by atomic mass is 9.79. The van der Waals surface area contributed by atoms with Crippen molar-refractivity contribution in [2.75, 3.05) is 7.11 Å². The minimum Gasteiger partial charge on any atom is -0.507 e. The highest BCUT2D eigenvalue weighted by Gasteiger charge is 2.43. The molecule has 1 fully saturated rings. The second-order valence-electron chi connectivity index (χ2n) is 4.49. The normalized spacial score (nSPS) is 17.4. The van der Waals surface area contributed by atoms with Crippen molar-refractivity contribution in [1.82, 2.24) is 10.1 Å². The van der Waals surface area contributed by atoms with Crippen molar-refractivity contribution in [2.45, 2.75) is 24.9 Å². The molecule has 0 amide bonds. The van der Waals surface area contributed by atoms with E-state index in [1.165, 1.54) is 0 Å². The van der Waals surface area contributed by atoms with Crippen LogP contribution in [0.1, 0.15) is 25.1 Å². The molecule has 5 nitrogen and oxygen atoms in total. The molecular formula is C13H14N2O3. The number of phenols is 1. The molecule has 1 saturated carbocycles. The van der Waals surface area contributed by atoms with Crippen molar-refractivity contribution in [2.24, 2.45) is 0 Å². The van der Waals surface area contributed by atoms with Gasteiger partial charge in [0.25, 0.3) is 5.89 Å². The molecule has 1 aromatic carbocycles. The van der Waals surface area contributed by atoms with Crippen molar-refractivity contribution < 1.29 is 14.4 Å². The maximum atomic E-state index is 9.75. The Kier molecular flexibility index (Phi) is 2.56. The molecule has 5 heteroatoms. The van der Waals surface area contributed by atoms with E-state index in [0.29, 0.717) is 17.3 Å². The Labute approximate surface area is 104 Å². The van der Waals surface area contributed by atoms with Crippen LogP contribution in [-0.2, 0) is 10.3 Å². The van der Waals surface area contributed by atoms with Crippen LogP contribution >= 0.6 is 0 Å². The number of methoxy groups -OCH3 is 1. The molecule has 0 atom stereocenters. The standard InChI is InChI=1S/C13H14N2O3/c1-17-13(7-4-8-13)12-14-11(18-15-12)9-5-2-3-6-10(9)16/h2-3,5-6,16H,4,7-8H2,1H3. The lowest BCUT2D eigenvalue weighted by molar-refractivity contribution is -0.0858. The Morgan fingerprint density at radius 1 is 1.33 bits per heavy atom. The number of ether oxygens (including phenoxy) is 1. The van der Waals surface area contributed by atoms with Crippen LogP contribution in [0.3, 0.4) is 0 Å². The largest absolute Gasteiger partial charge is 0.507 e. The maximum absolute atomic E-state index is 9.75. The van der Waals surface area contributed by atoms with Crippen LogP contribution in [0.4, 0.5) is 0 Å². The molecule has 0 radical (unpaired) electrons. The van der Waals surface area contributed by atoms with Crippen LogP contribution in [0.5, 0.6) is 5.75 Å². The van der Waals surface area contributed by atoms with Crippen LogP contribution in [0, 0.1) is 0 Å². The highest BCUT2D eigenvalue weighted by molar-refractivity contribution is 5.61. The molecule has 0 spiro atoms. The van der Waals surface area contributed by atoms with Crippen LogP contribution < -0.4 is 0 Å². The molecule has 94 valence electrons. The van der Waals surface area contributed by atoms with E-state index < -0.39 is 5.60 Å². The van der Waals surface area contributed by atoms with Gasteiger partial charge < -0.3 is 14.4 Å². The van der Waals surface area contributed by atoms with Crippen molar-refractivity contribution in [1.29, 1.82) is 0 Å². The first kappa shape index (κ1) is 11.2. The van der Waals surface area contributed by atoms with Crippen LogP contribution in [0.25, 0.3) is 11.5 Å². The molecule has 3 rings (SSSR count). The third kappa shape index (κ3) is 1.59. The quantitative estimate of drug-likeness (QED) is 0.901. The molecule has 18 heavy (non-hydrogen) atoms. The van der Waals surface area contributed by atoms with Gasteiger partial charge in [0.1, 0.15) is 11.4 Å². The second kappa shape index (κ2) is 4.10. The van der Waals surface area contributed by atoms with E-state index in [-0.39, 0.29) is 5.75 Å². The number of phenolic OH excluding ortho intramolecular Hbond substituents is 1. The van der Waals surface area contributed by atoms with Crippen molar-refractivity contribution >= 4 is 0 Å². The van der Waals surface area contributed by atoms with Crippen LogP contribution in [0.2, 0.25) is 0 Å². The fourth-order valence-corrected chi connectivity index (χ4v) is 2.19. The summed E-state index contributed by atoms with van der Waals surface area (Å²) in [6, 6.07) is 6.90. The zero-order valence-corrected chi connectivity index (χ0v) is 10.1. The van der Waals surface area contributed by atoms with Gasteiger partial charge in [-0.3, -0.25) is 0 Å². The van der Waals surface area contributed by atoms with Crippen LogP contribution in [-0.4, -0.2) is 22.4 Å². The fraction of sp³-hybridized carbons (Fsp3) is 0.385. The van der Waals surface area contributed by atoms with Gasteiger partial charge in [0.2, 0.25) is 5.82 Å². The Morgan fingerprint density at radius 2 is 2.11 bits per heavy atom. The number of rotatable bonds is 3. The van der Waals surface area contributed by atoms with Gasteiger partial charge in [-0.15, -0.1) is 0 Å². The fourth-order valence-electron chi connectivity index (χ4n) is 2.19. The molecule has 1 heterocycles. The molecule has 1 aromatic heterocycles. The molecule has 2 aromatic rings. The molecule has 0 bridgehead atoms. The second-order valence-corrected chi connectivity index (χ2v) is 4.49. The summed E-state index contributed by atoms with van der Waals surface area (Å²) in [6.45, 7) is 0. The number of hydrogen-bond acceptors (Lipinski definition) is 5. The third-order valence-corrected chi connectivity index (χ3v) is 3.52. The highest BCUT2D eigenvalue weighted by atomic mass is 16.5. The van der Waals surface area contributed by atoms with E-state index in [2.05, 4.69) is 10.1 Å². The lowest BCUT2D eigenvalue weighted by Crippen LogP contribution is -2.37. The predicted octanol–water partition coefficient (Wildman–Crippen LogP) is 2.47. The summed E-state index contributed by atoms with van der Waals surface area (Å²) in [7, 11) is 1.66. The Bertz CT molecular complexity index is 555. The van der Waals surface area contributed by atoms with Crippen LogP contribution in [0.15, 0.2) is 28.8 Å². The molecule has 0 saturated heterocycles. The first-order valence-electron chi connectivity index (χ1n) is 5.93. The van der Waals surface area contributed by atoms with E-state index in [1.54, 1.807) is 25.3 Å². The summed E-state index contributed by atoms with van der Waals surface area (Å²) < 4.78 is 10.7. The SMILES string of the molecule is COC1(c2noc(-c3ccccc3O)n2)CCC1. The number of aromatic hydroxyl groups is 1. The van der Waals surface area contributed by atoms with Gasteiger partial charge in [0.05, 0.1) is 5.56 Å². The predicted molar refractivity (Wildman–Crippen MR) is 63.9 cm³/mol. The number of hydrogen-bond donors (Lipinski definition) is 1. The minimum atomic E-state index is -0.397. The summed E-state index contributed by atoms with van der Waals surface area (Å²) in [5.41, 5.74) is 0.147. The number of benzene rings is 1. The van der Waals surface area contributed by atoms with E-state index in [4.69, 9.17) is 9.26 Å². The van der Waals surface area contributed by atoms with Crippen molar-refractivity contribution in [3.05, 3.63) is 30.1 Å². The molecule has 1 N–H and O–H groups in total. The van der Waals surface area contributed by atoms with Gasteiger partial charge in [-0.25, -0.2) is 0 Å². The summed E-state index contributed by atoms with van der Waals surface area (Å²) in [6.07, 6.45) is 2.92. The monoisotopic (exact) mass is 246 g/mol. The van der Waals surface area contributed by atoms with Gasteiger partial charge in [0.15, 0.2) is 0 Å². The lowest BCUT2D eigenvalue weighted by Gasteiger charge is -2.37. The molecular weight excluding hydrogens is 232 g/mol. The smallest absolute Gasteiger partial charge is 0.261 e. The Morgan fingerprint density at radius 3 is 2.72 bits per heavy atom. The average Bonchev–Trinajstić information content (AvgIpc) is 2.79. The van der Waals surface area contributed by atoms with Gasteiger partial charge in [-0.2, -0.15) is 4.98 Å². The first-order chi connectivity index (χ1) is 8.75. The molecule has 1 aliphatic rings. The topological polar surface area (TPSA) is 68.4 Å². The zero-order valence-electron chi connectivity index (χ0n) is 10.1.